The van der Waals surface area contributed by atoms with Crippen molar-refractivity contribution in [2.75, 3.05) is 13.1 Å². The van der Waals surface area contributed by atoms with Gasteiger partial charge in [0.25, 0.3) is 0 Å². The molecule has 2 atom stereocenters. The number of rotatable bonds is 4. The van der Waals surface area contributed by atoms with Crippen LogP contribution in [0.2, 0.25) is 0 Å². The van der Waals surface area contributed by atoms with Crippen LogP contribution in [-0.2, 0) is 6.42 Å². The van der Waals surface area contributed by atoms with E-state index >= 15 is 0 Å². The first-order valence-electron chi connectivity index (χ1n) is 6.11. The van der Waals surface area contributed by atoms with Gasteiger partial charge in [-0.15, -0.1) is 0 Å². The predicted octanol–water partition coefficient (Wildman–Crippen LogP) is 2.96. The summed E-state index contributed by atoms with van der Waals surface area (Å²) in [6, 6.07) is 8.90. The SMILES string of the molecule is CCCNC[C@@H]1Cc2ccccc2[C@H]1C. The van der Waals surface area contributed by atoms with Crippen molar-refractivity contribution in [1.29, 1.82) is 0 Å². The van der Waals surface area contributed by atoms with Crippen molar-refractivity contribution >= 4 is 0 Å². The highest BCUT2D eigenvalue weighted by Crippen LogP contribution is 2.36. The molecule has 1 nitrogen and oxygen atoms in total. The van der Waals surface area contributed by atoms with Gasteiger partial charge < -0.3 is 5.32 Å². The lowest BCUT2D eigenvalue weighted by Gasteiger charge is -2.16. The van der Waals surface area contributed by atoms with E-state index in [9.17, 15) is 0 Å². The summed E-state index contributed by atoms with van der Waals surface area (Å²) in [5, 5.41) is 3.54. The van der Waals surface area contributed by atoms with Crippen LogP contribution in [0.4, 0.5) is 0 Å². The Morgan fingerprint density at radius 1 is 1.33 bits per heavy atom. The lowest BCUT2D eigenvalue weighted by atomic mass is 9.94. The second kappa shape index (κ2) is 4.80. The molecule has 1 aliphatic carbocycles. The van der Waals surface area contributed by atoms with E-state index < -0.39 is 0 Å². The zero-order valence-electron chi connectivity index (χ0n) is 9.79. The van der Waals surface area contributed by atoms with Crippen LogP contribution in [0, 0.1) is 5.92 Å². The monoisotopic (exact) mass is 203 g/mol. The van der Waals surface area contributed by atoms with Crippen molar-refractivity contribution in [3.63, 3.8) is 0 Å². The Morgan fingerprint density at radius 2 is 2.13 bits per heavy atom. The topological polar surface area (TPSA) is 12.0 Å². The summed E-state index contributed by atoms with van der Waals surface area (Å²) in [6.07, 6.45) is 2.49. The van der Waals surface area contributed by atoms with E-state index in [1.54, 1.807) is 11.1 Å². The molecule has 1 N–H and O–H groups in total. The van der Waals surface area contributed by atoms with Gasteiger partial charge in [0.15, 0.2) is 0 Å². The summed E-state index contributed by atoms with van der Waals surface area (Å²) in [6.45, 7) is 6.91. The van der Waals surface area contributed by atoms with Crippen molar-refractivity contribution in [1.82, 2.24) is 5.32 Å². The van der Waals surface area contributed by atoms with Crippen molar-refractivity contribution < 1.29 is 0 Å². The second-order valence-electron chi connectivity index (χ2n) is 4.66. The minimum atomic E-state index is 0.727. The van der Waals surface area contributed by atoms with Gasteiger partial charge in [0.05, 0.1) is 0 Å². The van der Waals surface area contributed by atoms with Gasteiger partial charge in [0, 0.05) is 0 Å². The van der Waals surface area contributed by atoms with Crippen LogP contribution in [-0.4, -0.2) is 13.1 Å². The fourth-order valence-corrected chi connectivity index (χ4v) is 2.59. The maximum Gasteiger partial charge on any atom is -0.00116 e. The molecule has 0 fully saturated rings. The zero-order chi connectivity index (χ0) is 10.7. The zero-order valence-corrected chi connectivity index (χ0v) is 9.79. The van der Waals surface area contributed by atoms with Gasteiger partial charge in [-0.25, -0.2) is 0 Å². The Bertz CT molecular complexity index is 319. The van der Waals surface area contributed by atoms with Crippen LogP contribution in [0.5, 0.6) is 0 Å². The molecule has 1 aromatic carbocycles. The largest absolute Gasteiger partial charge is 0.316 e. The summed E-state index contributed by atoms with van der Waals surface area (Å²) in [5.41, 5.74) is 3.13. The lowest BCUT2D eigenvalue weighted by molar-refractivity contribution is 0.443. The second-order valence-corrected chi connectivity index (χ2v) is 4.66. The lowest BCUT2D eigenvalue weighted by Crippen LogP contribution is -2.25. The molecule has 0 amide bonds. The molecule has 82 valence electrons. The molecular formula is C14H21N. The number of benzene rings is 1. The fourth-order valence-electron chi connectivity index (χ4n) is 2.59. The number of hydrogen-bond donors (Lipinski definition) is 1. The van der Waals surface area contributed by atoms with Crippen molar-refractivity contribution in [3.8, 4) is 0 Å². The molecule has 0 saturated carbocycles. The van der Waals surface area contributed by atoms with Gasteiger partial charge in [-0.2, -0.15) is 0 Å². The van der Waals surface area contributed by atoms with Gasteiger partial charge in [-0.05, 0) is 48.9 Å². The van der Waals surface area contributed by atoms with E-state index in [0.29, 0.717) is 0 Å². The third kappa shape index (κ3) is 2.23. The Morgan fingerprint density at radius 3 is 2.87 bits per heavy atom. The van der Waals surface area contributed by atoms with E-state index in [1.807, 2.05) is 0 Å². The Hall–Kier alpha value is -0.820. The first-order valence-corrected chi connectivity index (χ1v) is 6.11. The predicted molar refractivity (Wildman–Crippen MR) is 65.2 cm³/mol. The molecule has 1 aromatic rings. The molecule has 0 saturated heterocycles. The van der Waals surface area contributed by atoms with Gasteiger partial charge in [0.2, 0.25) is 0 Å². The highest BCUT2D eigenvalue weighted by Gasteiger charge is 2.27. The van der Waals surface area contributed by atoms with Gasteiger partial charge in [0.1, 0.15) is 0 Å². The molecular weight excluding hydrogens is 182 g/mol. The number of fused-ring (bicyclic) bond motifs is 1. The van der Waals surface area contributed by atoms with E-state index in [-0.39, 0.29) is 0 Å². The van der Waals surface area contributed by atoms with Gasteiger partial charge >= 0.3 is 0 Å². The summed E-state index contributed by atoms with van der Waals surface area (Å²) >= 11 is 0. The average Bonchev–Trinajstić information content (AvgIpc) is 2.57. The van der Waals surface area contributed by atoms with Gasteiger partial charge in [-0.1, -0.05) is 38.1 Å². The molecule has 0 radical (unpaired) electrons. The molecule has 0 heterocycles. The van der Waals surface area contributed by atoms with Gasteiger partial charge in [-0.3, -0.25) is 0 Å². The Kier molecular flexibility index (Phi) is 3.42. The van der Waals surface area contributed by atoms with E-state index in [1.165, 1.54) is 19.4 Å². The van der Waals surface area contributed by atoms with Crippen LogP contribution >= 0.6 is 0 Å². The molecule has 2 rings (SSSR count). The number of hydrogen-bond acceptors (Lipinski definition) is 1. The maximum absolute atomic E-state index is 3.54. The van der Waals surface area contributed by atoms with E-state index in [4.69, 9.17) is 0 Å². The molecule has 0 aliphatic heterocycles. The van der Waals surface area contributed by atoms with E-state index in [2.05, 4.69) is 43.4 Å². The summed E-state index contributed by atoms with van der Waals surface area (Å²) < 4.78 is 0. The highest BCUT2D eigenvalue weighted by atomic mass is 14.9. The average molecular weight is 203 g/mol. The molecule has 1 heteroatoms. The molecule has 0 aromatic heterocycles. The molecule has 15 heavy (non-hydrogen) atoms. The first-order chi connectivity index (χ1) is 7.33. The van der Waals surface area contributed by atoms with Crippen LogP contribution < -0.4 is 5.32 Å². The van der Waals surface area contributed by atoms with Crippen molar-refractivity contribution in [2.45, 2.75) is 32.6 Å². The van der Waals surface area contributed by atoms with Crippen LogP contribution in [0.3, 0.4) is 0 Å². The third-order valence-corrected chi connectivity index (χ3v) is 3.57. The minimum Gasteiger partial charge on any atom is -0.316 e. The summed E-state index contributed by atoms with van der Waals surface area (Å²) in [5.74, 6) is 1.53. The Balaban J connectivity index is 1.97. The molecule has 0 spiro atoms. The molecule has 0 unspecified atom stereocenters. The van der Waals surface area contributed by atoms with Crippen LogP contribution in [0.25, 0.3) is 0 Å². The normalized spacial score (nSPS) is 24.1. The third-order valence-electron chi connectivity index (χ3n) is 3.57. The van der Waals surface area contributed by atoms with Crippen molar-refractivity contribution in [2.24, 2.45) is 5.92 Å². The minimum absolute atomic E-state index is 0.727. The number of nitrogens with one attached hydrogen (secondary N) is 1. The fraction of sp³-hybridized carbons (Fsp3) is 0.571. The highest BCUT2D eigenvalue weighted by molar-refractivity contribution is 5.35. The van der Waals surface area contributed by atoms with E-state index in [0.717, 1.165) is 18.4 Å². The molecule has 1 aliphatic rings. The quantitative estimate of drug-likeness (QED) is 0.742. The van der Waals surface area contributed by atoms with Crippen LogP contribution in [0.15, 0.2) is 24.3 Å². The standard InChI is InChI=1S/C14H21N/c1-3-8-15-10-13-9-12-6-4-5-7-14(12)11(13)2/h4-7,11,13,15H,3,8-10H2,1-2H3/t11-,13-/m0/s1. The Labute approximate surface area is 92.9 Å². The maximum atomic E-state index is 3.54. The van der Waals surface area contributed by atoms with Crippen LogP contribution in [0.1, 0.15) is 37.3 Å². The van der Waals surface area contributed by atoms with Crippen molar-refractivity contribution in [3.05, 3.63) is 35.4 Å². The summed E-state index contributed by atoms with van der Waals surface area (Å²) in [4.78, 5) is 0. The first kappa shape index (κ1) is 10.7. The molecule has 0 bridgehead atoms. The smallest absolute Gasteiger partial charge is 0.00116 e. The summed E-state index contributed by atoms with van der Waals surface area (Å²) in [7, 11) is 0.